The van der Waals surface area contributed by atoms with Crippen LogP contribution in [0.3, 0.4) is 0 Å². The van der Waals surface area contributed by atoms with Crippen molar-refractivity contribution in [3.63, 3.8) is 0 Å². The molecule has 3 aromatic carbocycles. The number of hydrogen-bond donors (Lipinski definition) is 0. The van der Waals surface area contributed by atoms with Gasteiger partial charge in [-0.1, -0.05) is 53.5 Å². The lowest BCUT2D eigenvalue weighted by Gasteiger charge is -1.98. The van der Waals surface area contributed by atoms with Crippen LogP contribution in [0.2, 0.25) is 10.0 Å². The van der Waals surface area contributed by atoms with Crippen LogP contribution in [0.15, 0.2) is 76.1 Å². The van der Waals surface area contributed by atoms with Gasteiger partial charge in [-0.25, -0.2) is 4.98 Å². The Hall–Kier alpha value is -2.88. The van der Waals surface area contributed by atoms with Gasteiger partial charge in [0.25, 0.3) is 0 Å². The van der Waals surface area contributed by atoms with Gasteiger partial charge >= 0.3 is 0 Å². The fraction of sp³-hybridized carbons (Fsp3) is 0.0435. The molecular weight excluding hydrogens is 391 g/mol. The lowest BCUT2D eigenvalue weighted by atomic mass is 10.1. The van der Waals surface area contributed by atoms with Gasteiger partial charge in [0.05, 0.1) is 5.69 Å². The highest BCUT2D eigenvalue weighted by atomic mass is 35.5. The molecule has 0 aliphatic rings. The number of nitrogens with zero attached hydrogens (tertiary/aromatic N) is 2. The lowest BCUT2D eigenvalue weighted by Crippen LogP contribution is -1.81. The van der Waals surface area contributed by atoms with Gasteiger partial charge in [-0.15, -0.1) is 0 Å². The summed E-state index contributed by atoms with van der Waals surface area (Å²) in [7, 11) is 0. The SMILES string of the molecule is Cc1ccccc1-c1nc2cc(N=C/C=C/c3ccc(Cl)cc3Cl)ccc2o1. The predicted octanol–water partition coefficient (Wildman–Crippen LogP) is 7.53. The molecular formula is C23H16Cl2N2O. The third kappa shape index (κ3) is 4.01. The van der Waals surface area contributed by atoms with Crippen molar-refractivity contribution in [2.24, 2.45) is 4.99 Å². The van der Waals surface area contributed by atoms with E-state index in [1.54, 1.807) is 18.3 Å². The van der Waals surface area contributed by atoms with Crippen LogP contribution in [0.25, 0.3) is 28.6 Å². The normalized spacial score (nSPS) is 11.8. The van der Waals surface area contributed by atoms with Crippen LogP contribution < -0.4 is 0 Å². The van der Waals surface area contributed by atoms with E-state index in [0.29, 0.717) is 15.9 Å². The second-order valence-electron chi connectivity index (χ2n) is 6.29. The first kappa shape index (κ1) is 18.5. The van der Waals surface area contributed by atoms with Crippen LogP contribution in [-0.2, 0) is 0 Å². The summed E-state index contributed by atoms with van der Waals surface area (Å²) in [5.74, 6) is 0.617. The minimum Gasteiger partial charge on any atom is -0.436 e. The molecule has 0 radical (unpaired) electrons. The number of rotatable bonds is 4. The molecule has 28 heavy (non-hydrogen) atoms. The first-order valence-corrected chi connectivity index (χ1v) is 9.48. The fourth-order valence-corrected chi connectivity index (χ4v) is 3.31. The molecule has 4 rings (SSSR count). The zero-order valence-corrected chi connectivity index (χ0v) is 16.6. The minimum atomic E-state index is 0.602. The zero-order valence-electron chi connectivity index (χ0n) is 15.1. The van der Waals surface area contributed by atoms with Crippen LogP contribution in [0.5, 0.6) is 0 Å². The molecule has 0 fully saturated rings. The first-order valence-electron chi connectivity index (χ1n) is 8.72. The van der Waals surface area contributed by atoms with Crippen LogP contribution >= 0.6 is 23.2 Å². The number of hydrogen-bond acceptors (Lipinski definition) is 3. The monoisotopic (exact) mass is 406 g/mol. The van der Waals surface area contributed by atoms with Gasteiger partial charge in [0.2, 0.25) is 5.89 Å². The summed E-state index contributed by atoms with van der Waals surface area (Å²) in [6.07, 6.45) is 5.43. The van der Waals surface area contributed by atoms with Gasteiger partial charge in [0.15, 0.2) is 5.58 Å². The van der Waals surface area contributed by atoms with Gasteiger partial charge in [0, 0.05) is 21.8 Å². The van der Waals surface area contributed by atoms with Crippen molar-refractivity contribution in [3.8, 4) is 11.5 Å². The van der Waals surface area contributed by atoms with E-state index in [9.17, 15) is 0 Å². The van der Waals surface area contributed by atoms with Gasteiger partial charge in [-0.3, -0.25) is 4.99 Å². The molecule has 0 N–H and O–H groups in total. The van der Waals surface area contributed by atoms with E-state index in [4.69, 9.17) is 27.6 Å². The van der Waals surface area contributed by atoms with Crippen LogP contribution in [0, 0.1) is 6.92 Å². The van der Waals surface area contributed by atoms with Crippen molar-refractivity contribution >= 4 is 52.3 Å². The van der Waals surface area contributed by atoms with E-state index in [-0.39, 0.29) is 0 Å². The first-order chi connectivity index (χ1) is 13.6. The average molecular weight is 407 g/mol. The maximum Gasteiger partial charge on any atom is 0.227 e. The second kappa shape index (κ2) is 8.01. The lowest BCUT2D eigenvalue weighted by molar-refractivity contribution is 0.619. The molecule has 138 valence electrons. The summed E-state index contributed by atoms with van der Waals surface area (Å²) < 4.78 is 5.89. The standard InChI is InChI=1S/C23H16Cl2N2O/c1-15-5-2-3-7-19(15)23-27-21-14-18(10-11-22(21)28-23)26-12-4-6-16-8-9-17(24)13-20(16)25/h2-14H,1H3/b6-4+,26-12?. The van der Waals surface area contributed by atoms with Gasteiger partial charge in [-0.05, 0) is 60.5 Å². The number of aryl methyl sites for hydroxylation is 1. The maximum absolute atomic E-state index is 6.16. The number of allylic oxidation sites excluding steroid dienone is 1. The van der Waals surface area contributed by atoms with Crippen molar-refractivity contribution in [2.75, 3.05) is 0 Å². The Balaban J connectivity index is 1.55. The molecule has 5 heteroatoms. The van der Waals surface area contributed by atoms with E-state index in [1.165, 1.54) is 0 Å². The van der Waals surface area contributed by atoms with Crippen molar-refractivity contribution in [3.05, 3.63) is 87.9 Å². The summed E-state index contributed by atoms with van der Waals surface area (Å²) in [4.78, 5) is 9.07. The molecule has 0 aliphatic carbocycles. The summed E-state index contributed by atoms with van der Waals surface area (Å²) in [5, 5.41) is 1.21. The van der Waals surface area contributed by atoms with Crippen LogP contribution in [0.1, 0.15) is 11.1 Å². The number of fused-ring (bicyclic) bond motifs is 1. The topological polar surface area (TPSA) is 38.4 Å². The van der Waals surface area contributed by atoms with Gasteiger partial charge in [0.1, 0.15) is 5.52 Å². The highest BCUT2D eigenvalue weighted by Crippen LogP contribution is 2.28. The second-order valence-corrected chi connectivity index (χ2v) is 7.13. The van der Waals surface area contributed by atoms with E-state index < -0.39 is 0 Å². The Morgan fingerprint density at radius 2 is 1.86 bits per heavy atom. The van der Waals surface area contributed by atoms with E-state index >= 15 is 0 Å². The number of aliphatic imine (C=N–C) groups is 1. The Morgan fingerprint density at radius 1 is 1.00 bits per heavy atom. The summed E-state index contributed by atoms with van der Waals surface area (Å²) in [6.45, 7) is 2.04. The largest absolute Gasteiger partial charge is 0.436 e. The van der Waals surface area contributed by atoms with Crippen LogP contribution in [-0.4, -0.2) is 11.2 Å². The molecule has 3 nitrogen and oxygen atoms in total. The molecule has 4 aromatic rings. The van der Waals surface area contributed by atoms with Crippen molar-refractivity contribution in [1.82, 2.24) is 4.98 Å². The summed E-state index contributed by atoms with van der Waals surface area (Å²) >= 11 is 12.1. The summed E-state index contributed by atoms with van der Waals surface area (Å²) in [6, 6.07) is 19.1. The third-order valence-electron chi connectivity index (χ3n) is 4.29. The molecule has 0 amide bonds. The molecule has 0 unspecified atom stereocenters. The third-order valence-corrected chi connectivity index (χ3v) is 4.86. The Labute approximate surface area is 173 Å². The van der Waals surface area contributed by atoms with Gasteiger partial charge < -0.3 is 4.42 Å². The average Bonchev–Trinajstić information content (AvgIpc) is 3.10. The molecule has 0 spiro atoms. The molecule has 0 atom stereocenters. The molecule has 0 saturated carbocycles. The fourth-order valence-electron chi connectivity index (χ4n) is 2.84. The van der Waals surface area contributed by atoms with E-state index in [0.717, 1.165) is 33.5 Å². The predicted molar refractivity (Wildman–Crippen MR) is 118 cm³/mol. The maximum atomic E-state index is 6.16. The number of oxazole rings is 1. The molecule has 1 heterocycles. The number of benzene rings is 3. The number of halogens is 2. The Morgan fingerprint density at radius 3 is 2.68 bits per heavy atom. The minimum absolute atomic E-state index is 0.602. The molecule has 0 saturated heterocycles. The number of aromatic nitrogens is 1. The highest BCUT2D eigenvalue weighted by molar-refractivity contribution is 6.35. The van der Waals surface area contributed by atoms with Crippen molar-refractivity contribution in [1.29, 1.82) is 0 Å². The smallest absolute Gasteiger partial charge is 0.227 e. The summed E-state index contributed by atoms with van der Waals surface area (Å²) in [5.41, 5.74) is 5.31. The molecule has 0 bridgehead atoms. The quantitative estimate of drug-likeness (QED) is 0.328. The van der Waals surface area contributed by atoms with Crippen LogP contribution in [0.4, 0.5) is 5.69 Å². The Bertz CT molecular complexity index is 1210. The highest BCUT2D eigenvalue weighted by Gasteiger charge is 2.10. The molecule has 1 aromatic heterocycles. The van der Waals surface area contributed by atoms with Gasteiger partial charge in [-0.2, -0.15) is 0 Å². The van der Waals surface area contributed by atoms with E-state index in [1.807, 2.05) is 67.6 Å². The van der Waals surface area contributed by atoms with Crippen molar-refractivity contribution in [2.45, 2.75) is 6.92 Å². The molecule has 0 aliphatic heterocycles. The Kier molecular flexibility index (Phi) is 5.29. The zero-order chi connectivity index (χ0) is 19.5. The van der Waals surface area contributed by atoms with E-state index in [2.05, 4.69) is 9.98 Å². The van der Waals surface area contributed by atoms with Crippen molar-refractivity contribution < 1.29 is 4.42 Å².